The van der Waals surface area contributed by atoms with Gasteiger partial charge in [-0.25, -0.2) is 17.9 Å². The van der Waals surface area contributed by atoms with Crippen molar-refractivity contribution >= 4 is 27.4 Å². The summed E-state index contributed by atoms with van der Waals surface area (Å²) in [5.74, 6) is -1.12. The van der Waals surface area contributed by atoms with E-state index in [1.165, 1.54) is 0 Å². The lowest BCUT2D eigenvalue weighted by Gasteiger charge is -2.09. The molecule has 0 radical (unpaired) electrons. The van der Waals surface area contributed by atoms with Crippen LogP contribution in [-0.2, 0) is 16.6 Å². The molecular weight excluding hydrogens is 325 g/mol. The minimum Gasteiger partial charge on any atom is -0.392 e. The van der Waals surface area contributed by atoms with Gasteiger partial charge in [0.1, 0.15) is 5.82 Å². The van der Waals surface area contributed by atoms with Crippen LogP contribution in [0.1, 0.15) is 5.56 Å². The first kappa shape index (κ1) is 15.4. The number of aliphatic hydroxyl groups excluding tert-OH is 1. The van der Waals surface area contributed by atoms with Crippen molar-refractivity contribution in [1.82, 2.24) is 10.2 Å². The van der Waals surface area contributed by atoms with Crippen molar-refractivity contribution in [2.75, 3.05) is 4.72 Å². The predicted octanol–water partition coefficient (Wildman–Crippen LogP) is 0.855. The average Bonchev–Trinajstić information content (AvgIpc) is 2.44. The number of hydrogen-bond donors (Lipinski definition) is 3. The number of aliphatic hydroxyl groups is 1. The van der Waals surface area contributed by atoms with E-state index in [0.29, 0.717) is 0 Å². The summed E-state index contributed by atoms with van der Waals surface area (Å²) < 4.78 is 39.8. The molecule has 0 bridgehead atoms. The molecule has 1 aromatic heterocycles. The van der Waals surface area contributed by atoms with Gasteiger partial charge < -0.3 is 5.11 Å². The van der Waals surface area contributed by atoms with Gasteiger partial charge in [0.05, 0.1) is 16.5 Å². The van der Waals surface area contributed by atoms with Gasteiger partial charge in [-0.15, -0.1) is 0 Å². The zero-order chi connectivity index (χ0) is 15.6. The molecule has 0 amide bonds. The Morgan fingerprint density at radius 1 is 1.38 bits per heavy atom. The van der Waals surface area contributed by atoms with E-state index in [1.54, 1.807) is 0 Å². The molecule has 2 aromatic rings. The maximum atomic E-state index is 13.6. The van der Waals surface area contributed by atoms with E-state index in [4.69, 9.17) is 16.7 Å². The van der Waals surface area contributed by atoms with E-state index >= 15 is 0 Å². The molecule has 0 fully saturated rings. The number of anilines is 1. The number of aromatic amines is 1. The molecule has 0 saturated carbocycles. The summed E-state index contributed by atoms with van der Waals surface area (Å²) in [7, 11) is -4.14. The van der Waals surface area contributed by atoms with Crippen LogP contribution < -0.4 is 10.3 Å². The van der Waals surface area contributed by atoms with Crippen molar-refractivity contribution in [1.29, 1.82) is 0 Å². The molecule has 21 heavy (non-hydrogen) atoms. The van der Waals surface area contributed by atoms with Crippen molar-refractivity contribution < 1.29 is 17.9 Å². The highest BCUT2D eigenvalue weighted by atomic mass is 35.5. The fourth-order valence-electron chi connectivity index (χ4n) is 1.49. The van der Waals surface area contributed by atoms with E-state index in [-0.39, 0.29) is 16.4 Å². The molecule has 0 saturated heterocycles. The predicted molar refractivity (Wildman–Crippen MR) is 73.0 cm³/mol. The van der Waals surface area contributed by atoms with Crippen molar-refractivity contribution in [3.63, 3.8) is 0 Å². The van der Waals surface area contributed by atoms with Crippen LogP contribution in [0.2, 0.25) is 5.02 Å². The summed E-state index contributed by atoms with van der Waals surface area (Å²) in [6, 6.07) is 3.98. The lowest BCUT2D eigenvalue weighted by Crippen LogP contribution is -2.17. The Morgan fingerprint density at radius 3 is 2.67 bits per heavy atom. The highest BCUT2D eigenvalue weighted by molar-refractivity contribution is 7.92. The Morgan fingerprint density at radius 2 is 2.10 bits per heavy atom. The number of halogens is 2. The standard InChI is InChI=1S/C11H9ClFN3O4S/c12-11-6(5-17)3-7(4-8(11)13)21(19,20)16-9-1-2-10(18)15-14-9/h1-4,17H,5H2,(H,14,16)(H,15,18). The van der Waals surface area contributed by atoms with Crippen molar-refractivity contribution in [3.05, 3.63) is 51.0 Å². The number of hydrogen-bond acceptors (Lipinski definition) is 5. The summed E-state index contributed by atoms with van der Waals surface area (Å²) in [4.78, 5) is 10.4. The molecule has 112 valence electrons. The highest BCUT2D eigenvalue weighted by Crippen LogP contribution is 2.25. The molecule has 1 heterocycles. The van der Waals surface area contributed by atoms with Gasteiger partial charge >= 0.3 is 0 Å². The van der Waals surface area contributed by atoms with E-state index in [0.717, 1.165) is 24.3 Å². The van der Waals surface area contributed by atoms with E-state index in [9.17, 15) is 17.6 Å². The molecule has 0 aliphatic carbocycles. The topological polar surface area (TPSA) is 112 Å². The minimum absolute atomic E-state index is 0.0635. The molecule has 3 N–H and O–H groups in total. The number of benzene rings is 1. The smallest absolute Gasteiger partial charge is 0.264 e. The minimum atomic E-state index is -4.14. The van der Waals surface area contributed by atoms with Gasteiger partial charge in [0, 0.05) is 11.6 Å². The molecule has 0 aliphatic heterocycles. The van der Waals surface area contributed by atoms with E-state index in [1.807, 2.05) is 5.10 Å². The van der Waals surface area contributed by atoms with Gasteiger partial charge in [0.25, 0.3) is 15.6 Å². The van der Waals surface area contributed by atoms with Crippen LogP contribution in [0.4, 0.5) is 10.2 Å². The molecule has 2 rings (SSSR count). The number of aromatic nitrogens is 2. The first-order chi connectivity index (χ1) is 9.83. The first-order valence-electron chi connectivity index (χ1n) is 5.51. The van der Waals surface area contributed by atoms with Crippen molar-refractivity contribution in [2.24, 2.45) is 0 Å². The third kappa shape index (κ3) is 3.38. The molecule has 0 atom stereocenters. The fourth-order valence-corrected chi connectivity index (χ4v) is 2.72. The van der Waals surface area contributed by atoms with Crippen LogP contribution in [0.3, 0.4) is 0 Å². The molecular formula is C11H9ClFN3O4S. The monoisotopic (exact) mass is 333 g/mol. The van der Waals surface area contributed by atoms with Gasteiger partial charge in [-0.05, 0) is 18.2 Å². The molecule has 10 heteroatoms. The van der Waals surface area contributed by atoms with Crippen LogP contribution in [0, 0.1) is 5.82 Å². The Balaban J connectivity index is 2.42. The summed E-state index contributed by atoms with van der Waals surface area (Å²) in [5.41, 5.74) is -0.565. The summed E-state index contributed by atoms with van der Waals surface area (Å²) in [6.07, 6.45) is 0. The lowest BCUT2D eigenvalue weighted by atomic mass is 10.2. The molecule has 0 spiro atoms. The molecule has 7 nitrogen and oxygen atoms in total. The highest BCUT2D eigenvalue weighted by Gasteiger charge is 2.19. The quantitative estimate of drug-likeness (QED) is 0.768. The van der Waals surface area contributed by atoms with Gasteiger partial charge in [-0.2, -0.15) is 5.10 Å². The maximum Gasteiger partial charge on any atom is 0.264 e. The Hall–Kier alpha value is -1.97. The maximum absolute atomic E-state index is 13.6. The average molecular weight is 334 g/mol. The van der Waals surface area contributed by atoms with Gasteiger partial charge in [0.2, 0.25) is 0 Å². The Bertz CT molecular complexity index is 817. The summed E-state index contributed by atoms with van der Waals surface area (Å²) in [5, 5.41) is 14.2. The van der Waals surface area contributed by atoms with Gasteiger partial charge in [-0.3, -0.25) is 9.52 Å². The third-order valence-corrected chi connectivity index (χ3v) is 4.23. The van der Waals surface area contributed by atoms with Crippen LogP contribution in [0.5, 0.6) is 0 Å². The second kappa shape index (κ2) is 5.80. The summed E-state index contributed by atoms with van der Waals surface area (Å²) in [6.45, 7) is -0.615. The van der Waals surface area contributed by atoms with Crippen LogP contribution in [0.15, 0.2) is 34.0 Å². The number of sulfonamides is 1. The lowest BCUT2D eigenvalue weighted by molar-refractivity contribution is 0.281. The zero-order valence-electron chi connectivity index (χ0n) is 10.3. The van der Waals surface area contributed by atoms with Gasteiger partial charge in [-0.1, -0.05) is 11.6 Å². The normalized spacial score (nSPS) is 11.4. The van der Waals surface area contributed by atoms with Gasteiger partial charge in [0.15, 0.2) is 5.82 Å². The zero-order valence-corrected chi connectivity index (χ0v) is 11.9. The number of H-pyrrole nitrogens is 1. The van der Waals surface area contributed by atoms with Crippen LogP contribution >= 0.6 is 11.6 Å². The van der Waals surface area contributed by atoms with E-state index in [2.05, 4.69) is 9.82 Å². The largest absolute Gasteiger partial charge is 0.392 e. The fraction of sp³-hybridized carbons (Fsp3) is 0.0909. The SMILES string of the molecule is O=c1ccc(NS(=O)(=O)c2cc(F)c(Cl)c(CO)c2)n[nH]1. The summed E-state index contributed by atoms with van der Waals surface area (Å²) >= 11 is 5.59. The number of rotatable bonds is 4. The second-order valence-electron chi connectivity index (χ2n) is 3.95. The van der Waals surface area contributed by atoms with Crippen LogP contribution in [-0.4, -0.2) is 23.7 Å². The first-order valence-corrected chi connectivity index (χ1v) is 7.37. The molecule has 0 unspecified atom stereocenters. The molecule has 1 aromatic carbocycles. The second-order valence-corrected chi connectivity index (χ2v) is 6.01. The van der Waals surface area contributed by atoms with Crippen molar-refractivity contribution in [2.45, 2.75) is 11.5 Å². The third-order valence-electron chi connectivity index (χ3n) is 2.48. The van der Waals surface area contributed by atoms with Crippen LogP contribution in [0.25, 0.3) is 0 Å². The van der Waals surface area contributed by atoms with E-state index < -0.39 is 32.9 Å². The number of nitrogens with one attached hydrogen (secondary N) is 2. The van der Waals surface area contributed by atoms with Crippen molar-refractivity contribution in [3.8, 4) is 0 Å². The number of nitrogens with zero attached hydrogens (tertiary/aromatic N) is 1. The molecule has 0 aliphatic rings. The Kier molecular flexibility index (Phi) is 4.26. The Labute approximate surface area is 123 Å².